The van der Waals surface area contributed by atoms with Gasteiger partial charge in [0.15, 0.2) is 0 Å². The highest BCUT2D eigenvalue weighted by molar-refractivity contribution is 7.89. The van der Waals surface area contributed by atoms with Crippen LogP contribution in [-0.4, -0.2) is 27.4 Å². The highest BCUT2D eigenvalue weighted by atomic mass is 32.2. The molecule has 0 fully saturated rings. The molecule has 0 aromatic heterocycles. The summed E-state index contributed by atoms with van der Waals surface area (Å²) in [4.78, 5) is 10.8. The number of nitrogens with one attached hydrogen (secondary N) is 2. The molecule has 0 saturated carbocycles. The molecule has 1 aromatic rings. The molecule has 1 unspecified atom stereocenters. The van der Waals surface area contributed by atoms with Crippen LogP contribution in [0.4, 0.5) is 0 Å². The topological polar surface area (TPSA) is 101 Å². The van der Waals surface area contributed by atoms with Crippen molar-refractivity contribution in [3.8, 4) is 0 Å². The highest BCUT2D eigenvalue weighted by Gasteiger charge is 2.14. The molecule has 7 heteroatoms. The fourth-order valence-corrected chi connectivity index (χ4v) is 2.99. The molecule has 0 heterocycles. The third-order valence-electron chi connectivity index (χ3n) is 3.09. The van der Waals surface area contributed by atoms with Gasteiger partial charge in [0.1, 0.15) is 0 Å². The van der Waals surface area contributed by atoms with Gasteiger partial charge in [-0.05, 0) is 37.6 Å². The largest absolute Gasteiger partial charge is 0.370 e. The van der Waals surface area contributed by atoms with Crippen molar-refractivity contribution in [2.75, 3.05) is 13.1 Å². The summed E-state index contributed by atoms with van der Waals surface area (Å²) in [5.74, 6) is -0.434. The van der Waals surface area contributed by atoms with Crippen LogP contribution < -0.4 is 15.8 Å². The SMILES string of the molecule is CCNC(C)c1ccc(S(=O)(=O)NCCCC(N)=O)cc1. The van der Waals surface area contributed by atoms with E-state index in [9.17, 15) is 13.2 Å². The third kappa shape index (κ3) is 5.82. The summed E-state index contributed by atoms with van der Waals surface area (Å²) in [6, 6.07) is 6.94. The first-order chi connectivity index (χ1) is 9.86. The summed E-state index contributed by atoms with van der Waals surface area (Å²) < 4.78 is 26.5. The molecule has 0 aliphatic heterocycles. The quantitative estimate of drug-likeness (QED) is 0.590. The van der Waals surface area contributed by atoms with Gasteiger partial charge in [0, 0.05) is 19.0 Å². The number of rotatable bonds is 9. The molecule has 0 radical (unpaired) electrons. The molecule has 0 saturated heterocycles. The maximum absolute atomic E-state index is 12.0. The molecule has 1 atom stereocenters. The molecular weight excluding hydrogens is 290 g/mol. The summed E-state index contributed by atoms with van der Waals surface area (Å²) in [6.45, 7) is 5.09. The average molecular weight is 313 g/mol. The van der Waals surface area contributed by atoms with E-state index in [0.717, 1.165) is 12.1 Å². The summed E-state index contributed by atoms with van der Waals surface area (Å²) in [7, 11) is -3.54. The van der Waals surface area contributed by atoms with Gasteiger partial charge in [-0.25, -0.2) is 13.1 Å². The average Bonchev–Trinajstić information content (AvgIpc) is 2.44. The van der Waals surface area contributed by atoms with E-state index in [2.05, 4.69) is 10.0 Å². The Morgan fingerprint density at radius 3 is 2.43 bits per heavy atom. The van der Waals surface area contributed by atoms with Crippen molar-refractivity contribution in [1.82, 2.24) is 10.0 Å². The lowest BCUT2D eigenvalue weighted by atomic mass is 10.1. The maximum atomic E-state index is 12.0. The van der Waals surface area contributed by atoms with E-state index in [1.165, 1.54) is 0 Å². The predicted octanol–water partition coefficient (Wildman–Crippen LogP) is 0.901. The van der Waals surface area contributed by atoms with Crippen molar-refractivity contribution in [2.24, 2.45) is 5.73 Å². The van der Waals surface area contributed by atoms with E-state index < -0.39 is 15.9 Å². The minimum absolute atomic E-state index is 0.168. The zero-order chi connectivity index (χ0) is 15.9. The second-order valence-corrected chi connectivity index (χ2v) is 6.58. The summed E-state index contributed by atoms with van der Waals surface area (Å²) in [6.07, 6.45) is 0.561. The lowest BCUT2D eigenvalue weighted by Gasteiger charge is -2.13. The molecule has 1 rings (SSSR count). The maximum Gasteiger partial charge on any atom is 0.240 e. The molecule has 6 nitrogen and oxygen atoms in total. The Balaban J connectivity index is 2.65. The van der Waals surface area contributed by atoms with Gasteiger partial charge in [0.25, 0.3) is 0 Å². The zero-order valence-electron chi connectivity index (χ0n) is 12.4. The Morgan fingerprint density at radius 2 is 1.90 bits per heavy atom. The first kappa shape index (κ1) is 17.6. The number of hydrogen-bond acceptors (Lipinski definition) is 4. The van der Waals surface area contributed by atoms with Gasteiger partial charge in [0.2, 0.25) is 15.9 Å². The van der Waals surface area contributed by atoms with Crippen molar-refractivity contribution < 1.29 is 13.2 Å². The van der Waals surface area contributed by atoms with Crippen LogP contribution in [-0.2, 0) is 14.8 Å². The van der Waals surface area contributed by atoms with Crippen molar-refractivity contribution >= 4 is 15.9 Å². The first-order valence-electron chi connectivity index (χ1n) is 6.98. The summed E-state index contributed by atoms with van der Waals surface area (Å²) >= 11 is 0. The van der Waals surface area contributed by atoms with Gasteiger partial charge in [-0.3, -0.25) is 4.79 Å². The Kier molecular flexibility index (Phi) is 6.80. The number of carbonyl (C=O) groups excluding carboxylic acids is 1. The van der Waals surface area contributed by atoms with Crippen LogP contribution in [0, 0.1) is 0 Å². The monoisotopic (exact) mass is 313 g/mol. The van der Waals surface area contributed by atoms with Crippen LogP contribution in [0.15, 0.2) is 29.2 Å². The molecule has 0 aliphatic carbocycles. The lowest BCUT2D eigenvalue weighted by molar-refractivity contribution is -0.118. The molecule has 0 bridgehead atoms. The van der Waals surface area contributed by atoms with E-state index in [-0.39, 0.29) is 23.9 Å². The van der Waals surface area contributed by atoms with Gasteiger partial charge in [-0.2, -0.15) is 0 Å². The van der Waals surface area contributed by atoms with E-state index in [1.54, 1.807) is 24.3 Å². The van der Waals surface area contributed by atoms with E-state index >= 15 is 0 Å². The van der Waals surface area contributed by atoms with Crippen LogP contribution >= 0.6 is 0 Å². The second kappa shape index (κ2) is 8.11. The van der Waals surface area contributed by atoms with Crippen LogP contribution in [0.3, 0.4) is 0 Å². The lowest BCUT2D eigenvalue weighted by Crippen LogP contribution is -2.26. The number of nitrogens with two attached hydrogens (primary N) is 1. The van der Waals surface area contributed by atoms with E-state index in [0.29, 0.717) is 6.42 Å². The Labute approximate surface area is 126 Å². The molecule has 118 valence electrons. The minimum Gasteiger partial charge on any atom is -0.370 e. The number of sulfonamides is 1. The highest BCUT2D eigenvalue weighted by Crippen LogP contribution is 2.16. The third-order valence-corrected chi connectivity index (χ3v) is 4.57. The molecule has 0 aliphatic rings. The fraction of sp³-hybridized carbons (Fsp3) is 0.500. The Hall–Kier alpha value is -1.44. The van der Waals surface area contributed by atoms with Crippen molar-refractivity contribution in [1.29, 1.82) is 0 Å². The Morgan fingerprint density at radius 1 is 1.29 bits per heavy atom. The van der Waals surface area contributed by atoms with Crippen LogP contribution in [0.2, 0.25) is 0 Å². The number of primary amides is 1. The smallest absolute Gasteiger partial charge is 0.240 e. The molecule has 21 heavy (non-hydrogen) atoms. The van der Waals surface area contributed by atoms with Crippen LogP contribution in [0.25, 0.3) is 0 Å². The van der Waals surface area contributed by atoms with Gasteiger partial charge in [-0.1, -0.05) is 19.1 Å². The van der Waals surface area contributed by atoms with Crippen molar-refractivity contribution in [3.05, 3.63) is 29.8 Å². The molecule has 1 amide bonds. The van der Waals surface area contributed by atoms with Gasteiger partial charge < -0.3 is 11.1 Å². The normalized spacial score (nSPS) is 13.0. The first-order valence-corrected chi connectivity index (χ1v) is 8.46. The molecule has 4 N–H and O–H groups in total. The molecule has 1 aromatic carbocycles. The molecular formula is C14H23N3O3S. The fourth-order valence-electron chi connectivity index (χ4n) is 1.91. The van der Waals surface area contributed by atoms with Gasteiger partial charge in [0.05, 0.1) is 4.90 Å². The van der Waals surface area contributed by atoms with E-state index in [4.69, 9.17) is 5.73 Å². The number of amides is 1. The van der Waals surface area contributed by atoms with Crippen molar-refractivity contribution in [3.63, 3.8) is 0 Å². The number of carbonyl (C=O) groups is 1. The Bertz CT molecular complexity index is 555. The molecule has 0 spiro atoms. The zero-order valence-corrected chi connectivity index (χ0v) is 13.2. The van der Waals surface area contributed by atoms with E-state index in [1.807, 2.05) is 13.8 Å². The number of hydrogen-bond donors (Lipinski definition) is 3. The predicted molar refractivity (Wildman–Crippen MR) is 82.2 cm³/mol. The van der Waals surface area contributed by atoms with Crippen LogP contribution in [0.1, 0.15) is 38.3 Å². The minimum atomic E-state index is -3.54. The summed E-state index contributed by atoms with van der Waals surface area (Å²) in [5, 5.41) is 3.26. The second-order valence-electron chi connectivity index (χ2n) is 4.82. The van der Waals surface area contributed by atoms with Gasteiger partial charge in [-0.15, -0.1) is 0 Å². The van der Waals surface area contributed by atoms with Crippen molar-refractivity contribution in [2.45, 2.75) is 37.6 Å². The summed E-state index contributed by atoms with van der Waals surface area (Å²) in [5.41, 5.74) is 6.03. The number of benzene rings is 1. The van der Waals surface area contributed by atoms with Crippen LogP contribution in [0.5, 0.6) is 0 Å². The van der Waals surface area contributed by atoms with Gasteiger partial charge >= 0.3 is 0 Å². The standard InChI is InChI=1S/C14H23N3O3S/c1-3-16-11(2)12-6-8-13(9-7-12)21(19,20)17-10-4-5-14(15)18/h6-9,11,16-17H,3-5,10H2,1-2H3,(H2,15,18).